The van der Waals surface area contributed by atoms with Gasteiger partial charge in [-0.25, -0.2) is 0 Å². The minimum Gasteiger partial charge on any atom is -0.461 e. The van der Waals surface area contributed by atoms with Crippen LogP contribution in [-0.4, -0.2) is 28.6 Å². The molecule has 3 fully saturated rings. The zero-order valence-corrected chi connectivity index (χ0v) is 19.9. The normalized spacial score (nSPS) is 40.5. The number of unbranched alkanes of at least 4 members (excludes halogenated alkanes) is 3. The first-order chi connectivity index (χ1) is 15.4. The van der Waals surface area contributed by atoms with Gasteiger partial charge >= 0.3 is 5.97 Å². The summed E-state index contributed by atoms with van der Waals surface area (Å²) in [5.41, 5.74) is 0.000912. The fourth-order valence-corrected chi connectivity index (χ4v) is 8.05. The van der Waals surface area contributed by atoms with Gasteiger partial charge in [-0.1, -0.05) is 44.6 Å². The van der Waals surface area contributed by atoms with E-state index < -0.39 is 5.60 Å². The molecule has 7 atom stereocenters. The van der Waals surface area contributed by atoms with Crippen molar-refractivity contribution in [2.75, 3.05) is 0 Å². The first kappa shape index (κ1) is 23.6. The molecule has 0 aliphatic heterocycles. The molecule has 3 saturated carbocycles. The van der Waals surface area contributed by atoms with Crippen molar-refractivity contribution in [3.8, 4) is 12.3 Å². The van der Waals surface area contributed by atoms with Gasteiger partial charge in [0, 0.05) is 24.2 Å². The van der Waals surface area contributed by atoms with Crippen LogP contribution in [0.25, 0.3) is 0 Å². The minimum atomic E-state index is -1.000. The van der Waals surface area contributed by atoms with Crippen molar-refractivity contribution in [2.24, 2.45) is 29.1 Å². The predicted molar refractivity (Wildman–Crippen MR) is 125 cm³/mol. The fraction of sp³-hybridized carbons (Fsp3) is 0.786. The number of esters is 1. The number of hydrogen-bond donors (Lipinski definition) is 1. The Morgan fingerprint density at radius 1 is 1.19 bits per heavy atom. The van der Waals surface area contributed by atoms with E-state index in [-0.39, 0.29) is 29.2 Å². The third-order valence-electron chi connectivity index (χ3n) is 9.53. The molecule has 0 aromatic rings. The maximum absolute atomic E-state index is 12.6. The van der Waals surface area contributed by atoms with Crippen molar-refractivity contribution in [3.05, 3.63) is 11.6 Å². The molecule has 4 rings (SSSR count). The zero-order valence-electron chi connectivity index (χ0n) is 19.9. The van der Waals surface area contributed by atoms with E-state index >= 15 is 0 Å². The van der Waals surface area contributed by atoms with E-state index in [0.717, 1.165) is 64.2 Å². The van der Waals surface area contributed by atoms with Gasteiger partial charge < -0.3 is 9.84 Å². The van der Waals surface area contributed by atoms with Crippen LogP contribution >= 0.6 is 0 Å². The highest BCUT2D eigenvalue weighted by molar-refractivity contribution is 5.92. The molecule has 0 saturated heterocycles. The van der Waals surface area contributed by atoms with Gasteiger partial charge in [0.15, 0.2) is 5.78 Å². The molecule has 4 aliphatic carbocycles. The van der Waals surface area contributed by atoms with Crippen LogP contribution in [0, 0.1) is 41.4 Å². The summed E-state index contributed by atoms with van der Waals surface area (Å²) < 4.78 is 6.00. The summed E-state index contributed by atoms with van der Waals surface area (Å²) in [7, 11) is 0. The maximum Gasteiger partial charge on any atom is 0.306 e. The molecular formula is C28H40O4. The Bertz CT molecular complexity index is 807. The lowest BCUT2D eigenvalue weighted by atomic mass is 9.49. The smallest absolute Gasteiger partial charge is 0.306 e. The van der Waals surface area contributed by atoms with E-state index in [1.54, 1.807) is 0 Å². The number of rotatable bonds is 7. The second-order valence-corrected chi connectivity index (χ2v) is 10.8. The molecule has 4 heteroatoms. The van der Waals surface area contributed by atoms with Gasteiger partial charge in [-0.3, -0.25) is 9.59 Å². The van der Waals surface area contributed by atoms with Crippen LogP contribution in [0.15, 0.2) is 11.6 Å². The Kier molecular flexibility index (Phi) is 6.87. The lowest BCUT2D eigenvalue weighted by Gasteiger charge is -2.56. The van der Waals surface area contributed by atoms with E-state index in [4.69, 9.17) is 11.2 Å². The SMILES string of the molecule is C#C[C@]1(O)CC[C@H]2[C@@H]3CCC4=CC(=O)C[C@H](OC(=O)CCCCCC)[C@@H]4[C@H]3CC[C@@]21CC. The molecule has 32 heavy (non-hydrogen) atoms. The molecule has 0 spiro atoms. The number of fused-ring (bicyclic) bond motifs is 5. The Labute approximate surface area is 193 Å². The second-order valence-electron chi connectivity index (χ2n) is 10.8. The van der Waals surface area contributed by atoms with E-state index in [0.29, 0.717) is 37.0 Å². The van der Waals surface area contributed by atoms with Crippen LogP contribution in [0.2, 0.25) is 0 Å². The van der Waals surface area contributed by atoms with E-state index in [1.807, 2.05) is 6.08 Å². The number of aliphatic hydroxyl groups is 1. The van der Waals surface area contributed by atoms with Gasteiger partial charge in [0.1, 0.15) is 11.7 Å². The van der Waals surface area contributed by atoms with Crippen LogP contribution in [0.1, 0.15) is 97.3 Å². The lowest BCUT2D eigenvalue weighted by molar-refractivity contribution is -0.158. The van der Waals surface area contributed by atoms with Crippen LogP contribution in [0.5, 0.6) is 0 Å². The molecule has 4 nitrogen and oxygen atoms in total. The summed E-state index contributed by atoms with van der Waals surface area (Å²) in [4.78, 5) is 25.1. The molecule has 4 aliphatic rings. The molecule has 0 amide bonds. The molecule has 176 valence electrons. The molecular weight excluding hydrogens is 400 g/mol. The van der Waals surface area contributed by atoms with Crippen molar-refractivity contribution in [2.45, 2.75) is 109 Å². The summed E-state index contributed by atoms with van der Waals surface area (Å²) in [6.07, 6.45) is 18.7. The highest BCUT2D eigenvalue weighted by Gasteiger charge is 2.64. The minimum absolute atomic E-state index is 0.0970. The number of ketones is 1. The predicted octanol–water partition coefficient (Wildman–Crippen LogP) is 5.37. The molecule has 0 aromatic heterocycles. The van der Waals surface area contributed by atoms with E-state index in [2.05, 4.69) is 19.8 Å². The largest absolute Gasteiger partial charge is 0.461 e. The summed E-state index contributed by atoms with van der Waals surface area (Å²) >= 11 is 0. The average molecular weight is 441 g/mol. The van der Waals surface area contributed by atoms with Crippen LogP contribution in [0.4, 0.5) is 0 Å². The van der Waals surface area contributed by atoms with Gasteiger partial charge in [0.2, 0.25) is 0 Å². The Morgan fingerprint density at radius 3 is 2.72 bits per heavy atom. The van der Waals surface area contributed by atoms with Gasteiger partial charge in [0.25, 0.3) is 0 Å². The second kappa shape index (κ2) is 9.34. The summed E-state index contributed by atoms with van der Waals surface area (Å²) in [6.45, 7) is 4.34. The molecule has 0 bridgehead atoms. The van der Waals surface area contributed by atoms with Gasteiger partial charge in [-0.2, -0.15) is 0 Å². The highest BCUT2D eigenvalue weighted by atomic mass is 16.5. The number of carbonyl (C=O) groups is 2. The third kappa shape index (κ3) is 3.85. The van der Waals surface area contributed by atoms with Crippen LogP contribution in [-0.2, 0) is 14.3 Å². The molecule has 0 aromatic carbocycles. The Hall–Kier alpha value is -1.60. The summed E-state index contributed by atoms with van der Waals surface area (Å²) in [5, 5.41) is 11.3. The molecule has 1 N–H and O–H groups in total. The lowest BCUT2D eigenvalue weighted by Crippen LogP contribution is -2.55. The molecule has 0 heterocycles. The van der Waals surface area contributed by atoms with E-state index in [9.17, 15) is 14.7 Å². The highest BCUT2D eigenvalue weighted by Crippen LogP contribution is 2.66. The average Bonchev–Trinajstić information content (AvgIpc) is 3.09. The quantitative estimate of drug-likeness (QED) is 0.328. The third-order valence-corrected chi connectivity index (χ3v) is 9.53. The topological polar surface area (TPSA) is 63.6 Å². The Morgan fingerprint density at radius 2 is 2.00 bits per heavy atom. The fourth-order valence-electron chi connectivity index (χ4n) is 8.05. The standard InChI is InChI=1S/C28H40O4/c1-4-7-8-9-10-25(30)32-24-18-20(29)17-19-11-12-21-22(26(19)24)13-15-27(5-2)23(21)14-16-28(27,31)6-3/h3,17,21-24,26,31H,4-5,7-16,18H2,1-2H3/t21-,22+,23+,24+,26+,27+,28+/m1/s1. The summed E-state index contributed by atoms with van der Waals surface area (Å²) in [5.74, 6) is 4.18. The maximum atomic E-state index is 12.6. The van der Waals surface area contributed by atoms with Crippen molar-refractivity contribution in [1.82, 2.24) is 0 Å². The van der Waals surface area contributed by atoms with Crippen LogP contribution < -0.4 is 0 Å². The molecule has 0 unspecified atom stereocenters. The summed E-state index contributed by atoms with van der Waals surface area (Å²) in [6, 6.07) is 0. The van der Waals surface area contributed by atoms with Crippen molar-refractivity contribution in [3.63, 3.8) is 0 Å². The number of ether oxygens (including phenoxy) is 1. The monoisotopic (exact) mass is 440 g/mol. The van der Waals surface area contributed by atoms with Crippen LogP contribution in [0.3, 0.4) is 0 Å². The van der Waals surface area contributed by atoms with Crippen molar-refractivity contribution < 1.29 is 19.4 Å². The van der Waals surface area contributed by atoms with Crippen molar-refractivity contribution in [1.29, 1.82) is 0 Å². The van der Waals surface area contributed by atoms with Gasteiger partial charge in [-0.15, -0.1) is 6.42 Å². The van der Waals surface area contributed by atoms with Crippen molar-refractivity contribution >= 4 is 11.8 Å². The Balaban J connectivity index is 1.53. The zero-order chi connectivity index (χ0) is 22.9. The van der Waals surface area contributed by atoms with E-state index in [1.165, 1.54) is 5.57 Å². The molecule has 0 radical (unpaired) electrons. The van der Waals surface area contributed by atoms with Gasteiger partial charge in [0.05, 0.1) is 0 Å². The number of carbonyl (C=O) groups excluding carboxylic acids is 2. The number of hydrogen-bond acceptors (Lipinski definition) is 4. The number of terminal acetylenes is 1. The van der Waals surface area contributed by atoms with Gasteiger partial charge in [-0.05, 0) is 75.2 Å². The first-order valence-electron chi connectivity index (χ1n) is 13.0. The first-order valence-corrected chi connectivity index (χ1v) is 13.0.